The van der Waals surface area contributed by atoms with Gasteiger partial charge in [-0.05, 0) is 25.0 Å². The van der Waals surface area contributed by atoms with Gasteiger partial charge in [0.15, 0.2) is 12.6 Å². The fourth-order valence-corrected chi connectivity index (χ4v) is 4.05. The van der Waals surface area contributed by atoms with Gasteiger partial charge < -0.3 is 25.6 Å². The minimum atomic E-state index is -0.683. The van der Waals surface area contributed by atoms with Gasteiger partial charge in [-0.3, -0.25) is 19.2 Å². The van der Waals surface area contributed by atoms with E-state index in [9.17, 15) is 19.2 Å². The van der Waals surface area contributed by atoms with Crippen LogP contribution in [0.25, 0.3) is 0 Å². The van der Waals surface area contributed by atoms with Crippen molar-refractivity contribution in [2.45, 2.75) is 44.2 Å². The van der Waals surface area contributed by atoms with Crippen LogP contribution in [0.4, 0.5) is 5.69 Å². The van der Waals surface area contributed by atoms with Crippen LogP contribution in [-0.2, 0) is 19.1 Å². The van der Waals surface area contributed by atoms with Crippen LogP contribution < -0.4 is 20.9 Å². The van der Waals surface area contributed by atoms with Gasteiger partial charge in [0.2, 0.25) is 0 Å². The number of nitrogens with one attached hydrogen (secondary N) is 4. The molecule has 162 valence electrons. The Balaban J connectivity index is 1.64. The Hall–Kier alpha value is -2.94. The first-order valence-electron chi connectivity index (χ1n) is 10.4. The third-order valence-corrected chi connectivity index (χ3v) is 5.68. The fourth-order valence-electron chi connectivity index (χ4n) is 4.05. The van der Waals surface area contributed by atoms with Crippen molar-refractivity contribution >= 4 is 29.4 Å². The molecular formula is C21H29N4O5+. The summed E-state index contributed by atoms with van der Waals surface area (Å²) in [6.07, 6.45) is 4.08. The summed E-state index contributed by atoms with van der Waals surface area (Å²) in [5, 5.41) is 8.55. The first-order valence-corrected chi connectivity index (χ1v) is 10.4. The normalized spacial score (nSPS) is 21.6. The molecule has 1 aromatic carbocycles. The molecule has 1 heterocycles. The molecule has 4 N–H and O–H groups in total. The van der Waals surface area contributed by atoms with Crippen LogP contribution in [0.1, 0.15) is 42.5 Å². The number of amides is 3. The molecule has 3 rings (SSSR count). The fraction of sp³-hybridized carbons (Fsp3) is 0.524. The largest absolute Gasteiger partial charge is 0.469 e. The van der Waals surface area contributed by atoms with Crippen LogP contribution >= 0.6 is 0 Å². The highest BCUT2D eigenvalue weighted by molar-refractivity contribution is 6.04. The minimum Gasteiger partial charge on any atom is -0.469 e. The number of carbonyl (C=O) groups excluding carboxylic acids is 4. The first kappa shape index (κ1) is 21.8. The molecule has 0 radical (unpaired) electrons. The number of benzene rings is 1. The molecule has 0 bridgehead atoms. The molecule has 2 atom stereocenters. The minimum absolute atomic E-state index is 0.00760. The van der Waals surface area contributed by atoms with Crippen LogP contribution in [0.3, 0.4) is 0 Å². The first-order chi connectivity index (χ1) is 14.5. The maximum Gasteiger partial charge on any atom is 0.312 e. The Labute approximate surface area is 175 Å². The number of piperazine rings is 1. The Kier molecular flexibility index (Phi) is 7.40. The van der Waals surface area contributed by atoms with Crippen molar-refractivity contribution in [1.29, 1.82) is 0 Å². The molecule has 2 fully saturated rings. The van der Waals surface area contributed by atoms with Crippen molar-refractivity contribution in [2.24, 2.45) is 0 Å². The summed E-state index contributed by atoms with van der Waals surface area (Å²) in [7, 11) is 1.27. The number of anilines is 1. The average Bonchev–Trinajstić information content (AvgIpc) is 3.23. The van der Waals surface area contributed by atoms with Gasteiger partial charge in [-0.2, -0.15) is 0 Å². The number of rotatable bonds is 7. The predicted octanol–water partition coefficient (Wildman–Crippen LogP) is -0.756. The molecule has 1 saturated carbocycles. The topological polar surface area (TPSA) is 118 Å². The molecule has 9 heteroatoms. The van der Waals surface area contributed by atoms with E-state index in [-0.39, 0.29) is 36.7 Å². The molecule has 1 aliphatic carbocycles. The quantitative estimate of drug-likeness (QED) is 0.435. The number of hydrogen-bond acceptors (Lipinski definition) is 5. The Morgan fingerprint density at radius 2 is 1.93 bits per heavy atom. The molecule has 9 nitrogen and oxygen atoms in total. The SMILES string of the molecule is COC(=O)C[C@H]1C(=O)NCC[NH+]1CC(=O)Nc1ccccc1C(=O)NC1CCCC1. The highest BCUT2D eigenvalue weighted by atomic mass is 16.5. The van der Waals surface area contributed by atoms with Crippen LogP contribution in [0.2, 0.25) is 0 Å². The van der Waals surface area contributed by atoms with Crippen molar-refractivity contribution < 1.29 is 28.8 Å². The Bertz CT molecular complexity index is 806. The molecule has 1 aliphatic heterocycles. The van der Waals surface area contributed by atoms with E-state index in [2.05, 4.69) is 20.7 Å². The molecule has 1 unspecified atom stereocenters. The number of methoxy groups -OCH3 is 1. The summed E-state index contributed by atoms with van der Waals surface area (Å²) in [6, 6.07) is 6.37. The average molecular weight is 417 g/mol. The van der Waals surface area contributed by atoms with E-state index in [0.29, 0.717) is 29.2 Å². The van der Waals surface area contributed by atoms with E-state index in [4.69, 9.17) is 0 Å². The maximum absolute atomic E-state index is 12.7. The molecule has 3 amide bonds. The molecule has 1 aromatic rings. The number of hydrogen-bond donors (Lipinski definition) is 4. The number of ether oxygens (including phenoxy) is 1. The predicted molar refractivity (Wildman–Crippen MR) is 109 cm³/mol. The summed E-state index contributed by atoms with van der Waals surface area (Å²) >= 11 is 0. The van der Waals surface area contributed by atoms with Crippen molar-refractivity contribution in [3.05, 3.63) is 29.8 Å². The lowest BCUT2D eigenvalue weighted by Crippen LogP contribution is -3.20. The van der Waals surface area contributed by atoms with Crippen molar-refractivity contribution in [3.63, 3.8) is 0 Å². The van der Waals surface area contributed by atoms with Gasteiger partial charge in [0.1, 0.15) is 6.42 Å². The van der Waals surface area contributed by atoms with Gasteiger partial charge in [0.25, 0.3) is 17.7 Å². The van der Waals surface area contributed by atoms with Gasteiger partial charge in [-0.1, -0.05) is 25.0 Å². The number of carbonyl (C=O) groups is 4. The highest BCUT2D eigenvalue weighted by Gasteiger charge is 2.37. The lowest BCUT2D eigenvalue weighted by molar-refractivity contribution is -0.909. The van der Waals surface area contributed by atoms with Crippen molar-refractivity contribution in [1.82, 2.24) is 10.6 Å². The zero-order valence-corrected chi connectivity index (χ0v) is 17.2. The van der Waals surface area contributed by atoms with Gasteiger partial charge in [-0.15, -0.1) is 0 Å². The summed E-state index contributed by atoms with van der Waals surface area (Å²) in [6.45, 7) is 0.956. The second kappa shape index (κ2) is 10.2. The van der Waals surface area contributed by atoms with E-state index < -0.39 is 12.0 Å². The molecular weight excluding hydrogens is 388 g/mol. The van der Waals surface area contributed by atoms with Crippen LogP contribution in [0, 0.1) is 0 Å². The molecule has 30 heavy (non-hydrogen) atoms. The second-order valence-electron chi connectivity index (χ2n) is 7.76. The summed E-state index contributed by atoms with van der Waals surface area (Å²) in [4.78, 5) is 49.9. The van der Waals surface area contributed by atoms with E-state index in [0.717, 1.165) is 25.7 Å². The lowest BCUT2D eigenvalue weighted by Gasteiger charge is -2.30. The van der Waals surface area contributed by atoms with E-state index >= 15 is 0 Å². The smallest absolute Gasteiger partial charge is 0.312 e. The van der Waals surface area contributed by atoms with Gasteiger partial charge >= 0.3 is 5.97 Å². The number of para-hydroxylation sites is 1. The molecule has 0 aromatic heterocycles. The maximum atomic E-state index is 12.7. The summed E-state index contributed by atoms with van der Waals surface area (Å²) in [5.74, 6) is -1.29. The number of esters is 1. The van der Waals surface area contributed by atoms with Crippen molar-refractivity contribution in [2.75, 3.05) is 32.1 Å². The zero-order chi connectivity index (χ0) is 21.5. The summed E-state index contributed by atoms with van der Waals surface area (Å²) < 4.78 is 4.67. The van der Waals surface area contributed by atoms with Gasteiger partial charge in [-0.25, -0.2) is 0 Å². The molecule has 2 aliphatic rings. The third kappa shape index (κ3) is 5.56. The van der Waals surface area contributed by atoms with E-state index in [1.54, 1.807) is 24.3 Å². The Morgan fingerprint density at radius 1 is 1.20 bits per heavy atom. The van der Waals surface area contributed by atoms with Gasteiger partial charge in [0, 0.05) is 6.04 Å². The van der Waals surface area contributed by atoms with Crippen LogP contribution in [0.5, 0.6) is 0 Å². The van der Waals surface area contributed by atoms with E-state index in [1.165, 1.54) is 7.11 Å². The highest BCUT2D eigenvalue weighted by Crippen LogP contribution is 2.20. The lowest BCUT2D eigenvalue weighted by atomic mass is 10.1. The standard InChI is InChI=1S/C21H28N4O5/c1-30-19(27)12-17-21(29)22-10-11-25(17)13-18(26)24-16-9-5-4-8-15(16)20(28)23-14-6-2-3-7-14/h4-5,8-9,14,17H,2-3,6-7,10-13H2,1H3,(H,22,29)(H,23,28)(H,24,26)/p+1/t17-/m0/s1. The summed E-state index contributed by atoms with van der Waals surface area (Å²) in [5.41, 5.74) is 0.846. The molecule has 0 spiro atoms. The zero-order valence-electron chi connectivity index (χ0n) is 17.2. The Morgan fingerprint density at radius 3 is 2.67 bits per heavy atom. The number of quaternary nitrogens is 1. The van der Waals surface area contributed by atoms with Crippen molar-refractivity contribution in [3.8, 4) is 0 Å². The molecule has 1 saturated heterocycles. The monoisotopic (exact) mass is 417 g/mol. The van der Waals surface area contributed by atoms with Gasteiger partial charge in [0.05, 0.1) is 31.5 Å². The van der Waals surface area contributed by atoms with Crippen LogP contribution in [-0.4, -0.2) is 62.5 Å². The van der Waals surface area contributed by atoms with E-state index in [1.807, 2.05) is 0 Å². The van der Waals surface area contributed by atoms with Crippen LogP contribution in [0.15, 0.2) is 24.3 Å². The third-order valence-electron chi connectivity index (χ3n) is 5.68. The second-order valence-corrected chi connectivity index (χ2v) is 7.76.